The molecule has 1 fully saturated rings. The molecule has 4 aromatic rings. The Labute approximate surface area is 183 Å². The maximum absolute atomic E-state index is 12.6. The Morgan fingerprint density at radius 2 is 1.58 bits per heavy atom. The normalized spacial score (nSPS) is 14.2. The average molecular weight is 435 g/mol. The van der Waals surface area contributed by atoms with Crippen LogP contribution in [0.3, 0.4) is 0 Å². The fourth-order valence-corrected chi connectivity index (χ4v) is 3.94. The Kier molecular flexibility index (Phi) is 5.05. The van der Waals surface area contributed by atoms with Gasteiger partial charge in [0.05, 0.1) is 29.4 Å². The number of hydrogen-bond donors (Lipinski definition) is 2. The highest BCUT2D eigenvalue weighted by Gasteiger charge is 2.18. The molecule has 0 bridgehead atoms. The fraction of sp³-hybridized carbons (Fsp3) is 0.174. The van der Waals surface area contributed by atoms with Crippen LogP contribution in [0.2, 0.25) is 5.02 Å². The molecular weight excluding hydrogens is 416 g/mol. The van der Waals surface area contributed by atoms with Crippen LogP contribution in [-0.4, -0.2) is 57.2 Å². The summed E-state index contributed by atoms with van der Waals surface area (Å²) in [5.41, 5.74) is 5.13. The van der Waals surface area contributed by atoms with Crippen LogP contribution >= 0.6 is 11.6 Å². The van der Waals surface area contributed by atoms with Crippen molar-refractivity contribution in [3.8, 4) is 28.4 Å². The van der Waals surface area contributed by atoms with Crippen molar-refractivity contribution in [3.63, 3.8) is 0 Å². The van der Waals surface area contributed by atoms with Crippen molar-refractivity contribution in [1.29, 1.82) is 0 Å². The lowest BCUT2D eigenvalue weighted by molar-refractivity contribution is 0.0303. The van der Waals surface area contributed by atoms with Crippen molar-refractivity contribution in [2.75, 3.05) is 26.3 Å². The molecule has 2 N–H and O–H groups in total. The monoisotopic (exact) mass is 434 g/mol. The van der Waals surface area contributed by atoms with Gasteiger partial charge < -0.3 is 19.7 Å². The number of nitrogens with zero attached hydrogens (tertiary/aromatic N) is 3. The summed E-state index contributed by atoms with van der Waals surface area (Å²) >= 11 is 6.38. The van der Waals surface area contributed by atoms with Gasteiger partial charge in [-0.3, -0.25) is 4.79 Å². The number of aromatic amines is 1. The van der Waals surface area contributed by atoms with Gasteiger partial charge in [-0.05, 0) is 29.3 Å². The van der Waals surface area contributed by atoms with Crippen LogP contribution in [-0.2, 0) is 4.74 Å². The molecule has 1 aliphatic rings. The summed E-state index contributed by atoms with van der Waals surface area (Å²) in [6, 6.07) is 17.0. The Balaban J connectivity index is 1.37. The van der Waals surface area contributed by atoms with Gasteiger partial charge in [0.1, 0.15) is 0 Å². The minimum atomic E-state index is -0.193. The Bertz CT molecular complexity index is 1250. The number of ether oxygens (including phenoxy) is 1. The van der Waals surface area contributed by atoms with Crippen LogP contribution in [0.25, 0.3) is 33.5 Å². The Hall–Kier alpha value is -3.42. The Morgan fingerprint density at radius 3 is 2.26 bits per heavy atom. The molecule has 0 aliphatic carbocycles. The molecule has 1 saturated heterocycles. The molecule has 0 radical (unpaired) electrons. The zero-order valence-electron chi connectivity index (χ0n) is 16.5. The van der Waals surface area contributed by atoms with Crippen LogP contribution in [0.15, 0.2) is 54.6 Å². The molecule has 31 heavy (non-hydrogen) atoms. The lowest BCUT2D eigenvalue weighted by atomic mass is 10.0. The van der Waals surface area contributed by atoms with Crippen LogP contribution < -0.4 is 0 Å². The highest BCUT2D eigenvalue weighted by atomic mass is 35.5. The first-order chi connectivity index (χ1) is 15.1. The molecule has 156 valence electrons. The summed E-state index contributed by atoms with van der Waals surface area (Å²) in [5.74, 6) is 0.0331. The first-order valence-electron chi connectivity index (χ1n) is 9.91. The van der Waals surface area contributed by atoms with E-state index in [1.807, 2.05) is 53.4 Å². The van der Waals surface area contributed by atoms with E-state index < -0.39 is 0 Å². The number of carbonyl (C=O) groups is 1. The minimum Gasteiger partial charge on any atom is -0.480 e. The Morgan fingerprint density at radius 1 is 0.968 bits per heavy atom. The highest BCUT2D eigenvalue weighted by Crippen LogP contribution is 2.31. The van der Waals surface area contributed by atoms with Crippen LogP contribution in [0, 0.1) is 0 Å². The number of halogens is 1. The SMILES string of the molecule is O=C(c1ccc(-c2ccc(-c3nc4nc(O)[nH]c4cc3Cl)cc2)cc1)N1CCOCC1. The number of aromatic nitrogens is 3. The van der Waals surface area contributed by atoms with E-state index in [1.54, 1.807) is 6.07 Å². The molecule has 0 saturated carbocycles. The summed E-state index contributed by atoms with van der Waals surface area (Å²) < 4.78 is 5.31. The largest absolute Gasteiger partial charge is 0.480 e. The van der Waals surface area contributed by atoms with E-state index in [-0.39, 0.29) is 11.9 Å². The number of amides is 1. The fourth-order valence-electron chi connectivity index (χ4n) is 3.68. The summed E-state index contributed by atoms with van der Waals surface area (Å²) in [5, 5.41) is 9.99. The molecule has 1 amide bonds. The maximum atomic E-state index is 12.6. The topological polar surface area (TPSA) is 91.3 Å². The first-order valence-corrected chi connectivity index (χ1v) is 10.3. The quantitative estimate of drug-likeness (QED) is 0.506. The molecule has 0 atom stereocenters. The highest BCUT2D eigenvalue weighted by molar-refractivity contribution is 6.33. The van der Waals surface area contributed by atoms with Crippen molar-refractivity contribution in [2.24, 2.45) is 0 Å². The third-order valence-electron chi connectivity index (χ3n) is 5.34. The molecule has 3 heterocycles. The van der Waals surface area contributed by atoms with E-state index >= 15 is 0 Å². The van der Waals surface area contributed by atoms with Crippen LogP contribution in [0.1, 0.15) is 10.4 Å². The van der Waals surface area contributed by atoms with Gasteiger partial charge in [0.2, 0.25) is 0 Å². The van der Waals surface area contributed by atoms with E-state index in [1.165, 1.54) is 0 Å². The maximum Gasteiger partial charge on any atom is 0.293 e. The lowest BCUT2D eigenvalue weighted by Crippen LogP contribution is -2.40. The summed E-state index contributed by atoms with van der Waals surface area (Å²) in [7, 11) is 0. The molecule has 0 spiro atoms. The van der Waals surface area contributed by atoms with E-state index in [4.69, 9.17) is 16.3 Å². The number of morpholine rings is 1. The number of aromatic hydroxyl groups is 1. The minimum absolute atomic E-state index is 0.0331. The van der Waals surface area contributed by atoms with Gasteiger partial charge in [-0.1, -0.05) is 48.0 Å². The number of pyridine rings is 1. The van der Waals surface area contributed by atoms with Gasteiger partial charge >= 0.3 is 0 Å². The standard InChI is InChI=1S/C23H19ClN4O3/c24-18-13-19-21(27-23(30)25-19)26-20(18)16-5-1-14(2-6-16)15-3-7-17(8-4-15)22(29)28-9-11-31-12-10-28/h1-8,13H,9-12H2,(H2,25,26,27,30). The third kappa shape index (κ3) is 3.85. The van der Waals surface area contributed by atoms with E-state index in [9.17, 15) is 9.90 Å². The second kappa shape index (κ2) is 8.02. The zero-order valence-corrected chi connectivity index (χ0v) is 17.3. The number of benzene rings is 2. The smallest absolute Gasteiger partial charge is 0.293 e. The molecule has 5 rings (SSSR count). The zero-order chi connectivity index (χ0) is 21.4. The number of imidazole rings is 1. The predicted molar refractivity (Wildman–Crippen MR) is 118 cm³/mol. The summed E-state index contributed by atoms with van der Waals surface area (Å²) in [4.78, 5) is 25.5. The van der Waals surface area contributed by atoms with E-state index in [2.05, 4.69) is 15.0 Å². The molecule has 8 heteroatoms. The molecule has 0 unspecified atom stereocenters. The van der Waals surface area contributed by atoms with Crippen molar-refractivity contribution < 1.29 is 14.6 Å². The van der Waals surface area contributed by atoms with Gasteiger partial charge in [-0.15, -0.1) is 0 Å². The lowest BCUT2D eigenvalue weighted by Gasteiger charge is -2.26. The average Bonchev–Trinajstić information content (AvgIpc) is 3.17. The molecule has 1 aliphatic heterocycles. The van der Waals surface area contributed by atoms with E-state index in [0.29, 0.717) is 53.7 Å². The van der Waals surface area contributed by atoms with Gasteiger partial charge in [-0.2, -0.15) is 4.98 Å². The van der Waals surface area contributed by atoms with Crippen molar-refractivity contribution in [2.45, 2.75) is 0 Å². The van der Waals surface area contributed by atoms with Gasteiger partial charge in [0.25, 0.3) is 11.9 Å². The van der Waals surface area contributed by atoms with E-state index in [0.717, 1.165) is 16.7 Å². The van der Waals surface area contributed by atoms with Gasteiger partial charge in [0.15, 0.2) is 5.65 Å². The van der Waals surface area contributed by atoms with Crippen molar-refractivity contribution >= 4 is 28.7 Å². The summed E-state index contributed by atoms with van der Waals surface area (Å²) in [6.07, 6.45) is 0. The number of rotatable bonds is 3. The number of H-pyrrole nitrogens is 1. The number of carbonyl (C=O) groups excluding carboxylic acids is 1. The number of nitrogens with one attached hydrogen (secondary N) is 1. The van der Waals surface area contributed by atoms with Gasteiger partial charge in [0, 0.05) is 24.2 Å². The molecule has 2 aromatic heterocycles. The summed E-state index contributed by atoms with van der Waals surface area (Å²) in [6.45, 7) is 2.43. The van der Waals surface area contributed by atoms with Gasteiger partial charge in [-0.25, -0.2) is 4.98 Å². The number of fused-ring (bicyclic) bond motifs is 1. The van der Waals surface area contributed by atoms with Crippen molar-refractivity contribution in [3.05, 3.63) is 65.2 Å². The van der Waals surface area contributed by atoms with Crippen molar-refractivity contribution in [1.82, 2.24) is 19.9 Å². The number of hydrogen-bond acceptors (Lipinski definition) is 5. The first kappa shape index (κ1) is 19.5. The molecule has 7 nitrogen and oxygen atoms in total. The molecular formula is C23H19ClN4O3. The second-order valence-electron chi connectivity index (χ2n) is 7.31. The molecule has 2 aromatic carbocycles. The predicted octanol–water partition coefficient (Wildman–Crippen LogP) is 4.12. The third-order valence-corrected chi connectivity index (χ3v) is 5.62. The second-order valence-corrected chi connectivity index (χ2v) is 7.72. The van der Waals surface area contributed by atoms with Crippen LogP contribution in [0.4, 0.5) is 0 Å². The van der Waals surface area contributed by atoms with Crippen LogP contribution in [0.5, 0.6) is 6.01 Å².